The highest BCUT2D eigenvalue weighted by atomic mass is 16.5. The third-order valence-electron chi connectivity index (χ3n) is 5.09. The number of hydrogen-bond donors (Lipinski definition) is 0. The Balaban J connectivity index is 1.87. The lowest BCUT2D eigenvalue weighted by atomic mass is 9.75. The van der Waals surface area contributed by atoms with E-state index in [2.05, 4.69) is 6.07 Å². The summed E-state index contributed by atoms with van der Waals surface area (Å²) in [6.07, 6.45) is 9.69. The molecule has 2 aliphatic carbocycles. The van der Waals surface area contributed by atoms with E-state index in [9.17, 15) is 4.79 Å². The minimum atomic E-state index is 0.268. The fraction of sp³-hybridized carbons (Fsp3) is 0.611. The molecule has 2 heteroatoms. The molecule has 2 aliphatic rings. The normalized spacial score (nSPS) is 24.1. The highest BCUT2D eigenvalue weighted by molar-refractivity contribution is 5.99. The summed E-state index contributed by atoms with van der Waals surface area (Å²) in [7, 11) is 1.69. The monoisotopic (exact) mass is 272 g/mol. The van der Waals surface area contributed by atoms with Gasteiger partial charge in [0.05, 0.1) is 7.11 Å². The molecule has 1 saturated carbocycles. The summed E-state index contributed by atoms with van der Waals surface area (Å²) in [5.74, 6) is 2.16. The average molecular weight is 272 g/mol. The van der Waals surface area contributed by atoms with Crippen molar-refractivity contribution in [2.75, 3.05) is 7.11 Å². The number of fused-ring (bicyclic) bond motifs is 1. The summed E-state index contributed by atoms with van der Waals surface area (Å²) in [5, 5.41) is 0. The number of carbonyl (C=O) groups excluding carboxylic acids is 1. The third-order valence-corrected chi connectivity index (χ3v) is 5.09. The molecular formula is C18H24O2. The van der Waals surface area contributed by atoms with Crippen LogP contribution >= 0.6 is 0 Å². The third kappa shape index (κ3) is 2.61. The van der Waals surface area contributed by atoms with E-state index in [0.717, 1.165) is 30.6 Å². The fourth-order valence-corrected chi connectivity index (χ4v) is 3.97. The van der Waals surface area contributed by atoms with Crippen molar-refractivity contribution in [2.24, 2.45) is 11.8 Å². The molecule has 0 aliphatic heterocycles. The maximum absolute atomic E-state index is 12.9. The minimum absolute atomic E-state index is 0.268. The summed E-state index contributed by atoms with van der Waals surface area (Å²) >= 11 is 0. The second kappa shape index (κ2) is 5.99. The van der Waals surface area contributed by atoms with Gasteiger partial charge in [0.15, 0.2) is 5.78 Å². The molecule has 1 atom stereocenters. The molecule has 0 radical (unpaired) electrons. The summed E-state index contributed by atoms with van der Waals surface area (Å²) < 4.78 is 5.29. The predicted molar refractivity (Wildman–Crippen MR) is 80.3 cm³/mol. The summed E-state index contributed by atoms with van der Waals surface area (Å²) in [6.45, 7) is 0. The molecule has 20 heavy (non-hydrogen) atoms. The SMILES string of the molecule is COc1ccc2c(c1)CCCC(C1CCCCC1)C2=O. The van der Waals surface area contributed by atoms with Crippen LogP contribution in [-0.4, -0.2) is 12.9 Å². The van der Waals surface area contributed by atoms with Gasteiger partial charge in [0.25, 0.3) is 0 Å². The van der Waals surface area contributed by atoms with Crippen LogP contribution in [0.5, 0.6) is 5.75 Å². The second-order valence-corrected chi connectivity index (χ2v) is 6.28. The molecule has 0 heterocycles. The van der Waals surface area contributed by atoms with Crippen molar-refractivity contribution < 1.29 is 9.53 Å². The summed E-state index contributed by atoms with van der Waals surface area (Å²) in [5.41, 5.74) is 2.14. The summed E-state index contributed by atoms with van der Waals surface area (Å²) in [6, 6.07) is 5.97. The molecule has 0 saturated heterocycles. The van der Waals surface area contributed by atoms with Gasteiger partial charge in [-0.15, -0.1) is 0 Å². The van der Waals surface area contributed by atoms with Gasteiger partial charge in [-0.25, -0.2) is 0 Å². The Bertz CT molecular complexity index is 486. The number of rotatable bonds is 2. The van der Waals surface area contributed by atoms with E-state index >= 15 is 0 Å². The molecule has 0 bridgehead atoms. The second-order valence-electron chi connectivity index (χ2n) is 6.28. The maximum atomic E-state index is 12.9. The smallest absolute Gasteiger partial charge is 0.166 e. The first-order valence-electron chi connectivity index (χ1n) is 8.00. The topological polar surface area (TPSA) is 26.3 Å². The number of aryl methyl sites for hydroxylation is 1. The number of ether oxygens (including phenoxy) is 1. The zero-order valence-electron chi connectivity index (χ0n) is 12.4. The highest BCUT2D eigenvalue weighted by Crippen LogP contribution is 2.37. The molecule has 108 valence electrons. The first-order chi connectivity index (χ1) is 9.79. The van der Waals surface area contributed by atoms with Crippen molar-refractivity contribution in [1.82, 2.24) is 0 Å². The van der Waals surface area contributed by atoms with Crippen molar-refractivity contribution in [3.05, 3.63) is 29.3 Å². The Morgan fingerprint density at radius 1 is 1.05 bits per heavy atom. The van der Waals surface area contributed by atoms with Crippen molar-refractivity contribution >= 4 is 5.78 Å². The summed E-state index contributed by atoms with van der Waals surface area (Å²) in [4.78, 5) is 12.9. The van der Waals surface area contributed by atoms with Crippen LogP contribution in [0.15, 0.2) is 18.2 Å². The number of Topliss-reactive ketones (excluding diaryl/α,β-unsaturated/α-hetero) is 1. The molecule has 1 aromatic carbocycles. The number of methoxy groups -OCH3 is 1. The Morgan fingerprint density at radius 2 is 1.85 bits per heavy atom. The van der Waals surface area contributed by atoms with Crippen LogP contribution in [-0.2, 0) is 6.42 Å². The lowest BCUT2D eigenvalue weighted by molar-refractivity contribution is 0.0837. The number of benzene rings is 1. The molecule has 0 amide bonds. The van der Waals surface area contributed by atoms with Gasteiger partial charge in [0.2, 0.25) is 0 Å². The van der Waals surface area contributed by atoms with E-state index in [0.29, 0.717) is 11.7 Å². The molecule has 1 fully saturated rings. The van der Waals surface area contributed by atoms with Gasteiger partial charge in [-0.05, 0) is 61.8 Å². The highest BCUT2D eigenvalue weighted by Gasteiger charge is 2.32. The van der Waals surface area contributed by atoms with Crippen molar-refractivity contribution in [3.63, 3.8) is 0 Å². The van der Waals surface area contributed by atoms with Gasteiger partial charge in [-0.3, -0.25) is 4.79 Å². The predicted octanol–water partition coefficient (Wildman–Crippen LogP) is 4.41. The van der Waals surface area contributed by atoms with Crippen molar-refractivity contribution in [2.45, 2.75) is 51.4 Å². The molecule has 0 N–H and O–H groups in total. The largest absolute Gasteiger partial charge is 0.497 e. The molecule has 3 rings (SSSR count). The van der Waals surface area contributed by atoms with E-state index in [1.807, 2.05) is 12.1 Å². The van der Waals surface area contributed by atoms with E-state index in [-0.39, 0.29) is 5.92 Å². The zero-order valence-corrected chi connectivity index (χ0v) is 12.4. The van der Waals surface area contributed by atoms with Crippen LogP contribution in [0.25, 0.3) is 0 Å². The van der Waals surface area contributed by atoms with Crippen molar-refractivity contribution in [1.29, 1.82) is 0 Å². The van der Waals surface area contributed by atoms with Gasteiger partial charge in [-0.1, -0.05) is 19.3 Å². The maximum Gasteiger partial charge on any atom is 0.166 e. The van der Waals surface area contributed by atoms with Gasteiger partial charge in [0, 0.05) is 11.5 Å². The molecule has 2 nitrogen and oxygen atoms in total. The molecule has 0 spiro atoms. The number of carbonyl (C=O) groups is 1. The van der Waals surface area contributed by atoms with Gasteiger partial charge >= 0.3 is 0 Å². The van der Waals surface area contributed by atoms with Gasteiger partial charge < -0.3 is 4.74 Å². The van der Waals surface area contributed by atoms with Crippen LogP contribution in [0.4, 0.5) is 0 Å². The van der Waals surface area contributed by atoms with Crippen LogP contribution in [0, 0.1) is 11.8 Å². The van der Waals surface area contributed by atoms with Crippen LogP contribution in [0.2, 0.25) is 0 Å². The van der Waals surface area contributed by atoms with E-state index in [1.54, 1.807) is 7.11 Å². The molecule has 1 aromatic rings. The van der Waals surface area contributed by atoms with Crippen molar-refractivity contribution in [3.8, 4) is 5.75 Å². The van der Waals surface area contributed by atoms with Gasteiger partial charge in [0.1, 0.15) is 5.75 Å². The minimum Gasteiger partial charge on any atom is -0.497 e. The van der Waals surface area contributed by atoms with Gasteiger partial charge in [-0.2, -0.15) is 0 Å². The Labute approximate surface area is 121 Å². The first kappa shape index (κ1) is 13.7. The average Bonchev–Trinajstić information content (AvgIpc) is 2.67. The Hall–Kier alpha value is -1.31. The molecular weight excluding hydrogens is 248 g/mol. The Kier molecular flexibility index (Phi) is 4.09. The first-order valence-corrected chi connectivity index (χ1v) is 8.00. The van der Waals surface area contributed by atoms with Crippen LogP contribution < -0.4 is 4.74 Å². The molecule has 1 unspecified atom stereocenters. The Morgan fingerprint density at radius 3 is 2.60 bits per heavy atom. The quantitative estimate of drug-likeness (QED) is 0.745. The lowest BCUT2D eigenvalue weighted by Crippen LogP contribution is -2.25. The number of hydrogen-bond acceptors (Lipinski definition) is 2. The van der Waals surface area contributed by atoms with E-state index in [4.69, 9.17) is 4.74 Å². The zero-order chi connectivity index (χ0) is 13.9. The number of ketones is 1. The van der Waals surface area contributed by atoms with E-state index in [1.165, 1.54) is 37.7 Å². The fourth-order valence-electron chi connectivity index (χ4n) is 3.97. The standard InChI is InChI=1S/C18H24O2/c1-20-15-10-11-17-14(12-15)8-5-9-16(18(17)19)13-6-3-2-4-7-13/h10-13,16H,2-9H2,1H3. The van der Waals surface area contributed by atoms with Crippen LogP contribution in [0.1, 0.15) is 60.9 Å². The molecule has 0 aromatic heterocycles. The van der Waals surface area contributed by atoms with Crippen LogP contribution in [0.3, 0.4) is 0 Å². The van der Waals surface area contributed by atoms with E-state index < -0.39 is 0 Å². The lowest BCUT2D eigenvalue weighted by Gasteiger charge is -2.28.